The molecular formula is C21H26N2O3. The molecule has 1 heterocycles. The van der Waals surface area contributed by atoms with Crippen LogP contribution >= 0.6 is 0 Å². The first kappa shape index (κ1) is 18.3. The second kappa shape index (κ2) is 7.79. The van der Waals surface area contributed by atoms with Gasteiger partial charge in [-0.2, -0.15) is 0 Å². The summed E-state index contributed by atoms with van der Waals surface area (Å²) in [6, 6.07) is 14.3. The number of ether oxygens (including phenoxy) is 2. The highest BCUT2D eigenvalue weighted by molar-refractivity contribution is 5.95. The summed E-state index contributed by atoms with van der Waals surface area (Å²) in [6.45, 7) is 6.01. The highest BCUT2D eigenvalue weighted by Crippen LogP contribution is 2.29. The van der Waals surface area contributed by atoms with Crippen molar-refractivity contribution < 1.29 is 14.3 Å². The SMILES string of the molecule is COc1ccc(CN2CC(=O)N(c3cccc(C)c3)CC2C)cc1OC. The van der Waals surface area contributed by atoms with Crippen LogP contribution in [-0.4, -0.2) is 44.2 Å². The Morgan fingerprint density at radius 1 is 1.08 bits per heavy atom. The zero-order chi connectivity index (χ0) is 18.7. The van der Waals surface area contributed by atoms with Gasteiger partial charge in [0.1, 0.15) is 0 Å². The Morgan fingerprint density at radius 2 is 1.85 bits per heavy atom. The molecule has 138 valence electrons. The monoisotopic (exact) mass is 354 g/mol. The Hall–Kier alpha value is -2.53. The largest absolute Gasteiger partial charge is 0.493 e. The lowest BCUT2D eigenvalue weighted by atomic mass is 10.1. The predicted molar refractivity (Wildman–Crippen MR) is 103 cm³/mol. The number of piperazine rings is 1. The molecule has 1 amide bonds. The number of hydrogen-bond acceptors (Lipinski definition) is 4. The van der Waals surface area contributed by atoms with Crippen LogP contribution in [0.5, 0.6) is 11.5 Å². The summed E-state index contributed by atoms with van der Waals surface area (Å²) < 4.78 is 10.7. The number of nitrogens with zero attached hydrogens (tertiary/aromatic N) is 2. The number of rotatable bonds is 5. The van der Waals surface area contributed by atoms with Crippen molar-refractivity contribution in [3.05, 3.63) is 53.6 Å². The summed E-state index contributed by atoms with van der Waals surface area (Å²) in [4.78, 5) is 16.8. The number of methoxy groups -OCH3 is 2. The quantitative estimate of drug-likeness (QED) is 0.827. The third-order valence-electron chi connectivity index (χ3n) is 4.86. The fraction of sp³-hybridized carbons (Fsp3) is 0.381. The van der Waals surface area contributed by atoms with Crippen molar-refractivity contribution in [3.8, 4) is 11.5 Å². The highest BCUT2D eigenvalue weighted by atomic mass is 16.5. The first-order chi connectivity index (χ1) is 12.5. The summed E-state index contributed by atoms with van der Waals surface area (Å²) in [5.74, 6) is 1.56. The standard InChI is InChI=1S/C21H26N2O3/c1-15-6-5-7-18(10-15)23-12-16(2)22(14-21(23)24)13-17-8-9-19(25-3)20(11-17)26-4/h5-11,16H,12-14H2,1-4H3. The van der Waals surface area contributed by atoms with Crippen molar-refractivity contribution in [2.75, 3.05) is 32.2 Å². The minimum Gasteiger partial charge on any atom is -0.493 e. The highest BCUT2D eigenvalue weighted by Gasteiger charge is 2.30. The van der Waals surface area contributed by atoms with Gasteiger partial charge in [0, 0.05) is 24.8 Å². The molecule has 2 aromatic carbocycles. The van der Waals surface area contributed by atoms with E-state index in [1.54, 1.807) is 14.2 Å². The van der Waals surface area contributed by atoms with Gasteiger partial charge in [-0.05, 0) is 49.2 Å². The van der Waals surface area contributed by atoms with Gasteiger partial charge in [0.25, 0.3) is 0 Å². The van der Waals surface area contributed by atoms with Crippen LogP contribution in [0.15, 0.2) is 42.5 Å². The average Bonchev–Trinajstić information content (AvgIpc) is 2.64. The van der Waals surface area contributed by atoms with Crippen molar-refractivity contribution in [1.29, 1.82) is 0 Å². The molecule has 0 spiro atoms. The fourth-order valence-corrected chi connectivity index (χ4v) is 3.37. The molecule has 1 aliphatic rings. The number of hydrogen-bond donors (Lipinski definition) is 0. The van der Waals surface area contributed by atoms with Crippen molar-refractivity contribution in [2.24, 2.45) is 0 Å². The van der Waals surface area contributed by atoms with Gasteiger partial charge in [0.2, 0.25) is 5.91 Å². The fourth-order valence-electron chi connectivity index (χ4n) is 3.37. The summed E-state index contributed by atoms with van der Waals surface area (Å²) >= 11 is 0. The average molecular weight is 354 g/mol. The molecule has 1 fully saturated rings. The third kappa shape index (κ3) is 3.83. The second-order valence-electron chi connectivity index (χ2n) is 6.79. The van der Waals surface area contributed by atoms with Gasteiger partial charge in [-0.1, -0.05) is 18.2 Å². The molecule has 1 atom stereocenters. The molecule has 26 heavy (non-hydrogen) atoms. The Balaban J connectivity index is 1.73. The van der Waals surface area contributed by atoms with E-state index in [4.69, 9.17) is 9.47 Å². The Labute approximate surface area is 155 Å². The summed E-state index contributed by atoms with van der Waals surface area (Å²) in [5, 5.41) is 0. The number of amides is 1. The van der Waals surface area contributed by atoms with Gasteiger partial charge >= 0.3 is 0 Å². The molecule has 0 aliphatic carbocycles. The van der Waals surface area contributed by atoms with E-state index >= 15 is 0 Å². The Bertz CT molecular complexity index is 791. The van der Waals surface area contributed by atoms with Crippen LogP contribution in [0.3, 0.4) is 0 Å². The molecule has 0 saturated carbocycles. The minimum atomic E-state index is 0.133. The van der Waals surface area contributed by atoms with Crippen LogP contribution in [0, 0.1) is 6.92 Å². The number of carbonyl (C=O) groups is 1. The molecular weight excluding hydrogens is 328 g/mol. The normalized spacial score (nSPS) is 18.1. The lowest BCUT2D eigenvalue weighted by molar-refractivity contribution is -0.122. The van der Waals surface area contributed by atoms with Crippen LogP contribution in [0.4, 0.5) is 5.69 Å². The Kier molecular flexibility index (Phi) is 5.47. The van der Waals surface area contributed by atoms with Crippen molar-refractivity contribution in [1.82, 2.24) is 4.90 Å². The van der Waals surface area contributed by atoms with Crippen molar-refractivity contribution >= 4 is 11.6 Å². The van der Waals surface area contributed by atoms with Gasteiger partial charge < -0.3 is 14.4 Å². The van der Waals surface area contributed by atoms with Crippen LogP contribution in [-0.2, 0) is 11.3 Å². The number of anilines is 1. The van der Waals surface area contributed by atoms with Gasteiger partial charge in [-0.3, -0.25) is 9.69 Å². The number of aryl methyl sites for hydroxylation is 1. The maximum atomic E-state index is 12.7. The van der Waals surface area contributed by atoms with E-state index in [-0.39, 0.29) is 11.9 Å². The van der Waals surface area contributed by atoms with E-state index in [1.807, 2.05) is 48.2 Å². The molecule has 2 aromatic rings. The van der Waals surface area contributed by atoms with Gasteiger partial charge in [-0.25, -0.2) is 0 Å². The number of carbonyl (C=O) groups excluding carboxylic acids is 1. The first-order valence-electron chi connectivity index (χ1n) is 8.84. The molecule has 1 aliphatic heterocycles. The maximum absolute atomic E-state index is 12.7. The molecule has 1 saturated heterocycles. The summed E-state index contributed by atoms with van der Waals surface area (Å²) in [7, 11) is 3.26. The molecule has 0 N–H and O–H groups in total. The second-order valence-corrected chi connectivity index (χ2v) is 6.79. The maximum Gasteiger partial charge on any atom is 0.241 e. The molecule has 0 bridgehead atoms. The molecule has 5 nitrogen and oxygen atoms in total. The van der Waals surface area contributed by atoms with Gasteiger partial charge in [0.15, 0.2) is 11.5 Å². The Morgan fingerprint density at radius 3 is 2.54 bits per heavy atom. The van der Waals surface area contributed by atoms with Crippen LogP contribution in [0.2, 0.25) is 0 Å². The molecule has 0 radical (unpaired) electrons. The van der Waals surface area contributed by atoms with Crippen LogP contribution < -0.4 is 14.4 Å². The first-order valence-corrected chi connectivity index (χ1v) is 8.84. The minimum absolute atomic E-state index is 0.133. The zero-order valence-corrected chi connectivity index (χ0v) is 15.9. The van der Waals surface area contributed by atoms with E-state index < -0.39 is 0 Å². The number of benzene rings is 2. The molecule has 1 unspecified atom stereocenters. The molecule has 0 aromatic heterocycles. The third-order valence-corrected chi connectivity index (χ3v) is 4.86. The van der Waals surface area contributed by atoms with E-state index in [1.165, 1.54) is 0 Å². The van der Waals surface area contributed by atoms with E-state index in [9.17, 15) is 4.79 Å². The zero-order valence-electron chi connectivity index (χ0n) is 15.9. The summed E-state index contributed by atoms with van der Waals surface area (Å²) in [5.41, 5.74) is 3.25. The predicted octanol–water partition coefficient (Wildman–Crippen LogP) is 3.25. The van der Waals surface area contributed by atoms with Gasteiger partial charge in [-0.15, -0.1) is 0 Å². The molecule has 5 heteroatoms. The van der Waals surface area contributed by atoms with Gasteiger partial charge in [0.05, 0.1) is 20.8 Å². The van der Waals surface area contributed by atoms with Crippen LogP contribution in [0.1, 0.15) is 18.1 Å². The lowest BCUT2D eigenvalue weighted by Gasteiger charge is -2.39. The van der Waals surface area contributed by atoms with E-state index in [0.29, 0.717) is 31.1 Å². The summed E-state index contributed by atoms with van der Waals surface area (Å²) in [6.07, 6.45) is 0. The van der Waals surface area contributed by atoms with E-state index in [2.05, 4.69) is 17.9 Å². The molecule has 3 rings (SSSR count). The van der Waals surface area contributed by atoms with Crippen molar-refractivity contribution in [3.63, 3.8) is 0 Å². The van der Waals surface area contributed by atoms with E-state index in [0.717, 1.165) is 16.8 Å². The van der Waals surface area contributed by atoms with Crippen molar-refractivity contribution in [2.45, 2.75) is 26.4 Å². The van der Waals surface area contributed by atoms with Crippen LogP contribution in [0.25, 0.3) is 0 Å². The smallest absolute Gasteiger partial charge is 0.241 e. The topological polar surface area (TPSA) is 42.0 Å². The lowest BCUT2D eigenvalue weighted by Crippen LogP contribution is -2.54.